The van der Waals surface area contributed by atoms with Crippen LogP contribution < -0.4 is 5.32 Å². The Labute approximate surface area is 139 Å². The monoisotopic (exact) mass is 338 g/mol. The summed E-state index contributed by atoms with van der Waals surface area (Å²) >= 11 is 5.78. The number of nitrogens with one attached hydrogen (secondary N) is 1. The van der Waals surface area contributed by atoms with Gasteiger partial charge in [-0.1, -0.05) is 17.7 Å². The van der Waals surface area contributed by atoms with Crippen LogP contribution in [0.2, 0.25) is 5.02 Å². The second-order valence-electron chi connectivity index (χ2n) is 5.90. The summed E-state index contributed by atoms with van der Waals surface area (Å²) in [5.74, 6) is 0.952. The van der Waals surface area contributed by atoms with Crippen molar-refractivity contribution in [1.82, 2.24) is 10.2 Å². The van der Waals surface area contributed by atoms with Gasteiger partial charge in [-0.2, -0.15) is 0 Å². The lowest BCUT2D eigenvalue weighted by Crippen LogP contribution is -2.34. The SMILES string of the molecule is CN1CC[C@H](NCc2ccc(CO)o2)[C@@H]1c1ccc(Cl)c(F)c1. The van der Waals surface area contributed by atoms with E-state index in [0.717, 1.165) is 24.3 Å². The van der Waals surface area contributed by atoms with E-state index in [1.54, 1.807) is 12.1 Å². The lowest BCUT2D eigenvalue weighted by atomic mass is 10.00. The summed E-state index contributed by atoms with van der Waals surface area (Å²) in [4.78, 5) is 2.21. The van der Waals surface area contributed by atoms with Crippen molar-refractivity contribution in [2.24, 2.45) is 0 Å². The van der Waals surface area contributed by atoms with Gasteiger partial charge in [0.2, 0.25) is 0 Å². The molecule has 6 heteroatoms. The predicted octanol–water partition coefficient (Wildman–Crippen LogP) is 3.10. The number of furan rings is 1. The molecule has 1 saturated heterocycles. The zero-order valence-electron chi connectivity index (χ0n) is 12.9. The molecule has 0 unspecified atom stereocenters. The van der Waals surface area contributed by atoms with Crippen molar-refractivity contribution < 1.29 is 13.9 Å². The normalized spacial score (nSPS) is 21.9. The maximum absolute atomic E-state index is 13.8. The molecule has 0 bridgehead atoms. The van der Waals surface area contributed by atoms with Crippen molar-refractivity contribution in [3.8, 4) is 0 Å². The van der Waals surface area contributed by atoms with Crippen LogP contribution in [-0.4, -0.2) is 29.6 Å². The van der Waals surface area contributed by atoms with Crippen molar-refractivity contribution in [3.05, 3.63) is 58.3 Å². The van der Waals surface area contributed by atoms with Gasteiger partial charge in [0, 0.05) is 18.6 Å². The molecule has 1 aliphatic rings. The number of likely N-dealkylation sites (N-methyl/N-ethyl adjacent to an activating group) is 1. The molecular weight excluding hydrogens is 319 g/mol. The van der Waals surface area contributed by atoms with Crippen molar-refractivity contribution in [3.63, 3.8) is 0 Å². The van der Waals surface area contributed by atoms with Gasteiger partial charge in [-0.05, 0) is 43.3 Å². The van der Waals surface area contributed by atoms with Gasteiger partial charge in [0.25, 0.3) is 0 Å². The van der Waals surface area contributed by atoms with E-state index in [1.165, 1.54) is 6.07 Å². The van der Waals surface area contributed by atoms with E-state index in [0.29, 0.717) is 12.3 Å². The molecule has 1 aromatic heterocycles. The van der Waals surface area contributed by atoms with Gasteiger partial charge in [-0.25, -0.2) is 4.39 Å². The first-order chi connectivity index (χ1) is 11.1. The molecule has 23 heavy (non-hydrogen) atoms. The average molecular weight is 339 g/mol. The number of aliphatic hydroxyl groups is 1. The Bertz CT molecular complexity index is 676. The van der Waals surface area contributed by atoms with Crippen LogP contribution in [0.1, 0.15) is 29.5 Å². The zero-order chi connectivity index (χ0) is 16.4. The first kappa shape index (κ1) is 16.5. The summed E-state index contributed by atoms with van der Waals surface area (Å²) in [6.45, 7) is 1.41. The molecule has 0 amide bonds. The van der Waals surface area contributed by atoms with Gasteiger partial charge in [-0.3, -0.25) is 4.90 Å². The highest BCUT2D eigenvalue weighted by molar-refractivity contribution is 6.30. The third-order valence-electron chi connectivity index (χ3n) is 4.35. The Balaban J connectivity index is 1.71. The molecule has 1 aromatic carbocycles. The predicted molar refractivity (Wildman–Crippen MR) is 86.7 cm³/mol. The number of halogens is 2. The highest BCUT2D eigenvalue weighted by atomic mass is 35.5. The molecule has 0 spiro atoms. The lowest BCUT2D eigenvalue weighted by Gasteiger charge is -2.26. The van der Waals surface area contributed by atoms with Crippen molar-refractivity contribution in [2.75, 3.05) is 13.6 Å². The van der Waals surface area contributed by atoms with Crippen LogP contribution in [0.25, 0.3) is 0 Å². The number of likely N-dealkylation sites (tertiary alicyclic amines) is 1. The zero-order valence-corrected chi connectivity index (χ0v) is 13.7. The molecule has 3 rings (SSSR count). The minimum absolute atomic E-state index is 0.0917. The third-order valence-corrected chi connectivity index (χ3v) is 4.65. The largest absolute Gasteiger partial charge is 0.462 e. The fourth-order valence-electron chi connectivity index (χ4n) is 3.18. The van der Waals surface area contributed by atoms with Crippen molar-refractivity contribution in [2.45, 2.75) is 31.7 Å². The van der Waals surface area contributed by atoms with Gasteiger partial charge in [0.15, 0.2) is 0 Å². The van der Waals surface area contributed by atoms with Crippen molar-refractivity contribution >= 4 is 11.6 Å². The summed E-state index contributed by atoms with van der Waals surface area (Å²) in [6.07, 6.45) is 0.971. The maximum Gasteiger partial charge on any atom is 0.142 e. The molecule has 2 atom stereocenters. The standard InChI is InChI=1S/C17H20ClFN2O2/c1-21-7-6-16(20-9-12-3-4-13(10-22)23-12)17(21)11-2-5-14(18)15(19)8-11/h2-5,8,16-17,20,22H,6-7,9-10H2,1H3/t16-,17-/m0/s1. The van der Waals surface area contributed by atoms with Gasteiger partial charge >= 0.3 is 0 Å². The van der Waals surface area contributed by atoms with E-state index in [1.807, 2.05) is 19.2 Å². The Morgan fingerprint density at radius 1 is 1.35 bits per heavy atom. The minimum atomic E-state index is -0.387. The number of aliphatic hydroxyl groups excluding tert-OH is 1. The summed E-state index contributed by atoms with van der Waals surface area (Å²) in [7, 11) is 2.04. The van der Waals surface area contributed by atoms with Gasteiger partial charge in [0.1, 0.15) is 23.9 Å². The highest BCUT2D eigenvalue weighted by Gasteiger charge is 2.33. The number of rotatable bonds is 5. The fourth-order valence-corrected chi connectivity index (χ4v) is 3.30. The molecule has 2 N–H and O–H groups in total. The molecule has 1 fully saturated rings. The molecule has 124 valence electrons. The Kier molecular flexibility index (Phi) is 5.02. The highest BCUT2D eigenvalue weighted by Crippen LogP contribution is 2.32. The molecule has 0 radical (unpaired) electrons. The van der Waals surface area contributed by atoms with Crippen LogP contribution in [0, 0.1) is 5.82 Å². The third kappa shape index (κ3) is 3.58. The van der Waals surface area contributed by atoms with Gasteiger partial charge < -0.3 is 14.8 Å². The summed E-state index contributed by atoms with van der Waals surface area (Å²) < 4.78 is 19.3. The number of hydrogen-bond acceptors (Lipinski definition) is 4. The number of hydrogen-bond donors (Lipinski definition) is 2. The van der Waals surface area contributed by atoms with Crippen LogP contribution >= 0.6 is 11.6 Å². The Hall–Kier alpha value is -1.40. The molecule has 2 aromatic rings. The second kappa shape index (κ2) is 7.01. The van der Waals surface area contributed by atoms with Crippen LogP contribution in [0.3, 0.4) is 0 Å². The second-order valence-corrected chi connectivity index (χ2v) is 6.31. The molecule has 2 heterocycles. The van der Waals surface area contributed by atoms with E-state index in [-0.39, 0.29) is 29.5 Å². The van der Waals surface area contributed by atoms with Crippen LogP contribution in [0.4, 0.5) is 4.39 Å². The van der Waals surface area contributed by atoms with E-state index in [2.05, 4.69) is 10.2 Å². The lowest BCUT2D eigenvalue weighted by molar-refractivity contribution is 0.240. The van der Waals surface area contributed by atoms with Crippen molar-refractivity contribution in [1.29, 1.82) is 0 Å². The fraction of sp³-hybridized carbons (Fsp3) is 0.412. The van der Waals surface area contributed by atoms with Crippen LogP contribution in [0.15, 0.2) is 34.7 Å². The van der Waals surface area contributed by atoms with Gasteiger partial charge in [-0.15, -0.1) is 0 Å². The molecule has 4 nitrogen and oxygen atoms in total. The first-order valence-corrected chi connectivity index (χ1v) is 8.03. The quantitative estimate of drug-likeness (QED) is 0.879. The van der Waals surface area contributed by atoms with E-state index >= 15 is 0 Å². The maximum atomic E-state index is 13.8. The smallest absolute Gasteiger partial charge is 0.142 e. The van der Waals surface area contributed by atoms with E-state index < -0.39 is 0 Å². The summed E-state index contributed by atoms with van der Waals surface area (Å²) in [6, 6.07) is 8.91. The Morgan fingerprint density at radius 3 is 2.83 bits per heavy atom. The van der Waals surface area contributed by atoms with E-state index in [4.69, 9.17) is 21.1 Å². The topological polar surface area (TPSA) is 48.6 Å². The molecule has 0 saturated carbocycles. The average Bonchev–Trinajstić information content (AvgIpc) is 3.14. The molecule has 0 aliphatic carbocycles. The Morgan fingerprint density at radius 2 is 2.13 bits per heavy atom. The van der Waals surface area contributed by atoms with Crippen LogP contribution in [0.5, 0.6) is 0 Å². The number of nitrogens with zero attached hydrogens (tertiary/aromatic N) is 1. The summed E-state index contributed by atoms with van der Waals surface area (Å²) in [5, 5.41) is 12.7. The minimum Gasteiger partial charge on any atom is -0.462 e. The first-order valence-electron chi connectivity index (χ1n) is 7.65. The van der Waals surface area contributed by atoms with Crippen LogP contribution in [-0.2, 0) is 13.2 Å². The molecular formula is C17H20ClFN2O2. The van der Waals surface area contributed by atoms with Gasteiger partial charge in [0.05, 0.1) is 11.6 Å². The number of benzene rings is 1. The van der Waals surface area contributed by atoms with E-state index in [9.17, 15) is 4.39 Å². The summed E-state index contributed by atoms with van der Waals surface area (Å²) in [5.41, 5.74) is 0.917. The molecule has 1 aliphatic heterocycles.